The monoisotopic (exact) mass is 288 g/mol. The SMILES string of the molecule is CCNc1cc(CC)nc2cc(OCC)c(OCC)cc12. The third kappa shape index (κ3) is 3.38. The van der Waals surface area contributed by atoms with E-state index in [2.05, 4.69) is 25.2 Å². The van der Waals surface area contributed by atoms with E-state index in [9.17, 15) is 0 Å². The summed E-state index contributed by atoms with van der Waals surface area (Å²) in [6, 6.07) is 6.11. The zero-order chi connectivity index (χ0) is 15.2. The summed E-state index contributed by atoms with van der Waals surface area (Å²) in [7, 11) is 0. The van der Waals surface area contributed by atoms with Crippen LogP contribution >= 0.6 is 0 Å². The number of rotatable bonds is 7. The molecule has 2 rings (SSSR count). The molecule has 1 aromatic heterocycles. The summed E-state index contributed by atoms with van der Waals surface area (Å²) in [4.78, 5) is 4.71. The number of nitrogens with zero attached hydrogens (tertiary/aromatic N) is 1. The summed E-state index contributed by atoms with van der Waals surface area (Å²) in [6.45, 7) is 10.3. The average Bonchev–Trinajstić information content (AvgIpc) is 2.49. The quantitative estimate of drug-likeness (QED) is 0.835. The van der Waals surface area contributed by atoms with Crippen LogP contribution in [0.5, 0.6) is 11.5 Å². The van der Waals surface area contributed by atoms with Gasteiger partial charge in [-0.15, -0.1) is 0 Å². The second kappa shape index (κ2) is 7.16. The maximum atomic E-state index is 5.71. The van der Waals surface area contributed by atoms with E-state index >= 15 is 0 Å². The van der Waals surface area contributed by atoms with Crippen molar-refractivity contribution in [3.8, 4) is 11.5 Å². The van der Waals surface area contributed by atoms with Gasteiger partial charge in [0, 0.05) is 29.4 Å². The van der Waals surface area contributed by atoms with Crippen molar-refractivity contribution in [3.63, 3.8) is 0 Å². The van der Waals surface area contributed by atoms with Gasteiger partial charge in [0.25, 0.3) is 0 Å². The fraction of sp³-hybridized carbons (Fsp3) is 0.471. The van der Waals surface area contributed by atoms with Crippen molar-refractivity contribution in [1.82, 2.24) is 4.98 Å². The van der Waals surface area contributed by atoms with E-state index in [1.165, 1.54) is 0 Å². The Morgan fingerprint density at radius 3 is 2.19 bits per heavy atom. The van der Waals surface area contributed by atoms with Gasteiger partial charge in [-0.25, -0.2) is 0 Å². The molecular weight excluding hydrogens is 264 g/mol. The molecule has 0 spiro atoms. The summed E-state index contributed by atoms with van der Waals surface area (Å²) in [5.74, 6) is 1.53. The highest BCUT2D eigenvalue weighted by atomic mass is 16.5. The van der Waals surface area contributed by atoms with Gasteiger partial charge in [0.2, 0.25) is 0 Å². The van der Waals surface area contributed by atoms with Crippen molar-refractivity contribution in [3.05, 3.63) is 23.9 Å². The second-order valence-electron chi connectivity index (χ2n) is 4.73. The molecule has 0 radical (unpaired) electrons. The minimum Gasteiger partial charge on any atom is -0.490 e. The molecule has 0 atom stereocenters. The Balaban J connectivity index is 2.63. The Morgan fingerprint density at radius 1 is 0.952 bits per heavy atom. The molecule has 0 aliphatic carbocycles. The Bertz CT molecular complexity index is 611. The number of fused-ring (bicyclic) bond motifs is 1. The first-order chi connectivity index (χ1) is 10.2. The van der Waals surface area contributed by atoms with Crippen LogP contribution < -0.4 is 14.8 Å². The lowest BCUT2D eigenvalue weighted by Crippen LogP contribution is -2.03. The van der Waals surface area contributed by atoms with E-state index in [1.54, 1.807) is 0 Å². The lowest BCUT2D eigenvalue weighted by molar-refractivity contribution is 0.288. The fourth-order valence-electron chi connectivity index (χ4n) is 2.34. The molecule has 0 bridgehead atoms. The molecule has 0 saturated heterocycles. The molecule has 0 amide bonds. The van der Waals surface area contributed by atoms with Crippen LogP contribution in [0.1, 0.15) is 33.4 Å². The average molecular weight is 288 g/mol. The van der Waals surface area contributed by atoms with Gasteiger partial charge >= 0.3 is 0 Å². The molecule has 0 saturated carbocycles. The molecule has 4 heteroatoms. The van der Waals surface area contributed by atoms with Crippen molar-refractivity contribution in [2.75, 3.05) is 25.1 Å². The van der Waals surface area contributed by atoms with Crippen molar-refractivity contribution in [1.29, 1.82) is 0 Å². The summed E-state index contributed by atoms with van der Waals surface area (Å²) in [6.07, 6.45) is 0.908. The number of aromatic nitrogens is 1. The summed E-state index contributed by atoms with van der Waals surface area (Å²) in [5.41, 5.74) is 3.12. The number of hydrogen-bond acceptors (Lipinski definition) is 4. The fourth-order valence-corrected chi connectivity index (χ4v) is 2.34. The van der Waals surface area contributed by atoms with Gasteiger partial charge in [0.1, 0.15) is 0 Å². The highest BCUT2D eigenvalue weighted by molar-refractivity contribution is 5.94. The predicted molar refractivity (Wildman–Crippen MR) is 87.6 cm³/mol. The van der Waals surface area contributed by atoms with Crippen LogP contribution in [0.2, 0.25) is 0 Å². The highest BCUT2D eigenvalue weighted by Gasteiger charge is 2.12. The Morgan fingerprint density at radius 2 is 1.62 bits per heavy atom. The summed E-state index contributed by atoms with van der Waals surface area (Å²) >= 11 is 0. The standard InChI is InChI=1S/C17H24N2O2/c1-5-12-9-14(18-6-2)13-10-16(20-7-3)17(21-8-4)11-15(13)19-12/h9-11H,5-8H2,1-4H3,(H,18,19). The lowest BCUT2D eigenvalue weighted by atomic mass is 10.1. The van der Waals surface area contributed by atoms with E-state index < -0.39 is 0 Å². The first-order valence-electron chi connectivity index (χ1n) is 7.70. The number of anilines is 1. The third-order valence-electron chi connectivity index (χ3n) is 3.26. The maximum absolute atomic E-state index is 5.71. The number of pyridine rings is 1. The van der Waals surface area contributed by atoms with E-state index in [0.717, 1.165) is 46.7 Å². The summed E-state index contributed by atoms with van der Waals surface area (Å²) < 4.78 is 11.4. The van der Waals surface area contributed by atoms with Gasteiger partial charge in [-0.1, -0.05) is 6.92 Å². The molecule has 21 heavy (non-hydrogen) atoms. The number of aryl methyl sites for hydroxylation is 1. The first kappa shape index (κ1) is 15.4. The maximum Gasteiger partial charge on any atom is 0.163 e. The van der Waals surface area contributed by atoms with Crippen LogP contribution in [0.25, 0.3) is 10.9 Å². The van der Waals surface area contributed by atoms with Crippen LogP contribution in [0.3, 0.4) is 0 Å². The van der Waals surface area contributed by atoms with Gasteiger partial charge in [-0.05, 0) is 39.3 Å². The van der Waals surface area contributed by atoms with E-state index in [4.69, 9.17) is 14.5 Å². The molecule has 114 valence electrons. The van der Waals surface area contributed by atoms with E-state index in [1.807, 2.05) is 26.0 Å². The van der Waals surface area contributed by atoms with E-state index in [0.29, 0.717) is 13.2 Å². The smallest absolute Gasteiger partial charge is 0.163 e. The molecule has 0 aliphatic rings. The molecule has 4 nitrogen and oxygen atoms in total. The van der Waals surface area contributed by atoms with Crippen LogP contribution in [0.4, 0.5) is 5.69 Å². The molecular formula is C17H24N2O2. The molecule has 1 N–H and O–H groups in total. The van der Waals surface area contributed by atoms with Crippen molar-refractivity contribution in [2.24, 2.45) is 0 Å². The van der Waals surface area contributed by atoms with Gasteiger partial charge in [-0.2, -0.15) is 0 Å². The Labute approximate surface area is 126 Å². The van der Waals surface area contributed by atoms with Crippen LogP contribution in [0.15, 0.2) is 18.2 Å². The van der Waals surface area contributed by atoms with Crippen LogP contribution in [-0.2, 0) is 6.42 Å². The number of ether oxygens (including phenoxy) is 2. The largest absolute Gasteiger partial charge is 0.490 e. The van der Waals surface area contributed by atoms with Crippen LogP contribution in [-0.4, -0.2) is 24.7 Å². The van der Waals surface area contributed by atoms with E-state index in [-0.39, 0.29) is 0 Å². The minimum atomic E-state index is 0.610. The molecule has 2 aromatic rings. The molecule has 0 aliphatic heterocycles. The number of hydrogen-bond donors (Lipinski definition) is 1. The zero-order valence-electron chi connectivity index (χ0n) is 13.3. The third-order valence-corrected chi connectivity index (χ3v) is 3.26. The van der Waals surface area contributed by atoms with Crippen LogP contribution in [0, 0.1) is 0 Å². The van der Waals surface area contributed by atoms with Gasteiger partial charge in [-0.3, -0.25) is 4.98 Å². The van der Waals surface area contributed by atoms with Gasteiger partial charge in [0.05, 0.1) is 18.7 Å². The summed E-state index contributed by atoms with van der Waals surface area (Å²) in [5, 5.41) is 4.48. The van der Waals surface area contributed by atoms with Crippen molar-refractivity contribution in [2.45, 2.75) is 34.1 Å². The molecule has 1 heterocycles. The second-order valence-corrected chi connectivity index (χ2v) is 4.73. The molecule has 0 fully saturated rings. The lowest BCUT2D eigenvalue weighted by Gasteiger charge is -2.15. The first-order valence-corrected chi connectivity index (χ1v) is 7.70. The normalized spacial score (nSPS) is 10.7. The topological polar surface area (TPSA) is 43.4 Å². The predicted octanol–water partition coefficient (Wildman–Crippen LogP) is 4.03. The van der Waals surface area contributed by atoms with Crippen molar-refractivity contribution < 1.29 is 9.47 Å². The molecule has 0 unspecified atom stereocenters. The number of nitrogens with one attached hydrogen (secondary N) is 1. The minimum absolute atomic E-state index is 0.610. The highest BCUT2D eigenvalue weighted by Crippen LogP contribution is 2.35. The number of benzene rings is 1. The van der Waals surface area contributed by atoms with Gasteiger partial charge < -0.3 is 14.8 Å². The van der Waals surface area contributed by atoms with Gasteiger partial charge in [0.15, 0.2) is 11.5 Å². The van der Waals surface area contributed by atoms with Crippen molar-refractivity contribution >= 4 is 16.6 Å². The Kier molecular flexibility index (Phi) is 5.26. The molecule has 1 aromatic carbocycles. The zero-order valence-corrected chi connectivity index (χ0v) is 13.3. The Hall–Kier alpha value is -1.97.